The van der Waals surface area contributed by atoms with E-state index < -0.39 is 0 Å². The van der Waals surface area contributed by atoms with Crippen LogP contribution < -0.4 is 15.6 Å². The zero-order valence-electron chi connectivity index (χ0n) is 18.2. The maximum atomic E-state index is 12.6. The Labute approximate surface area is 200 Å². The number of hydrogen-bond acceptors (Lipinski definition) is 7. The van der Waals surface area contributed by atoms with Crippen LogP contribution >= 0.6 is 27.3 Å². The van der Waals surface area contributed by atoms with Gasteiger partial charge < -0.3 is 20.1 Å². The van der Waals surface area contributed by atoms with Gasteiger partial charge in [-0.25, -0.2) is 4.98 Å². The molecular weight excluding hydrogens is 492 g/mol. The summed E-state index contributed by atoms with van der Waals surface area (Å²) in [6, 6.07) is 8.58. The Bertz CT molecular complexity index is 1090. The molecule has 9 heteroatoms. The minimum atomic E-state index is -0.0913. The number of fused-ring (bicyclic) bond motifs is 1. The molecule has 7 nitrogen and oxygen atoms in total. The molecule has 1 aliphatic heterocycles. The Balaban J connectivity index is 1.40. The van der Waals surface area contributed by atoms with Crippen LogP contribution in [0.1, 0.15) is 37.2 Å². The highest BCUT2D eigenvalue weighted by Crippen LogP contribution is 2.30. The molecule has 0 saturated carbocycles. The van der Waals surface area contributed by atoms with Crippen molar-refractivity contribution in [2.75, 3.05) is 38.7 Å². The number of rotatable bonds is 9. The number of likely N-dealkylation sites (tertiary alicyclic amines) is 1. The first-order valence-corrected chi connectivity index (χ1v) is 12.7. The first-order valence-electron chi connectivity index (χ1n) is 11.0. The Morgan fingerprint density at radius 1 is 1.25 bits per heavy atom. The topological polar surface area (TPSA) is 79.1 Å². The maximum Gasteiger partial charge on any atom is 0.275 e. The number of likely N-dealkylation sites (N-methyl/N-ethyl adjacent to an activating group) is 1. The average Bonchev–Trinajstić information content (AvgIpc) is 3.26. The van der Waals surface area contributed by atoms with Gasteiger partial charge in [0.25, 0.3) is 5.56 Å². The van der Waals surface area contributed by atoms with Crippen LogP contribution in [0, 0.1) is 0 Å². The van der Waals surface area contributed by atoms with Crippen molar-refractivity contribution in [2.24, 2.45) is 0 Å². The van der Waals surface area contributed by atoms with Crippen LogP contribution in [0.2, 0.25) is 0 Å². The van der Waals surface area contributed by atoms with E-state index in [0.717, 1.165) is 44.5 Å². The smallest absolute Gasteiger partial charge is 0.275 e. The molecule has 0 radical (unpaired) electrons. The minimum absolute atomic E-state index is 0.0913. The molecule has 1 fully saturated rings. The number of nitrogens with one attached hydrogen (secondary N) is 1. The van der Waals surface area contributed by atoms with E-state index in [0.29, 0.717) is 27.8 Å². The first-order chi connectivity index (χ1) is 15.5. The van der Waals surface area contributed by atoms with E-state index in [-0.39, 0.29) is 18.2 Å². The van der Waals surface area contributed by atoms with E-state index >= 15 is 0 Å². The third-order valence-electron chi connectivity index (χ3n) is 5.81. The number of hydrogen-bond donors (Lipinski definition) is 2. The number of benzene rings is 1. The fourth-order valence-corrected chi connectivity index (χ4v) is 5.33. The number of anilines is 1. The van der Waals surface area contributed by atoms with Gasteiger partial charge in [0.05, 0.1) is 6.61 Å². The molecule has 4 rings (SSSR count). The summed E-state index contributed by atoms with van der Waals surface area (Å²) < 4.78 is 7.85. The Kier molecular flexibility index (Phi) is 7.83. The van der Waals surface area contributed by atoms with Crippen molar-refractivity contribution in [3.63, 3.8) is 0 Å². The number of aliphatic hydroxyl groups excluding tert-OH is 1. The summed E-state index contributed by atoms with van der Waals surface area (Å²) in [4.78, 5) is 20.2. The van der Waals surface area contributed by atoms with E-state index in [1.807, 2.05) is 17.5 Å². The first kappa shape index (κ1) is 23.2. The zero-order chi connectivity index (χ0) is 22.5. The predicted molar refractivity (Wildman–Crippen MR) is 132 cm³/mol. The second kappa shape index (κ2) is 10.8. The zero-order valence-corrected chi connectivity index (χ0v) is 20.6. The minimum Gasteiger partial charge on any atom is -0.494 e. The molecule has 2 aromatic heterocycles. The van der Waals surface area contributed by atoms with Crippen molar-refractivity contribution in [1.29, 1.82) is 0 Å². The standard InChI is InChI=1S/C23H29BrN4O3S/c1-27-14-17(16-5-7-19(8-6-16)31-11-4-2-3-10-29)13-18(15-27)25-21-20(24)22(30)28-9-12-32-23(28)26-21/h5-9,12,17-18,25,29H,2-4,10-11,13-15H2,1H3/t17-,18+/m0/s1. The average molecular weight is 521 g/mol. The molecule has 1 aromatic carbocycles. The second-order valence-corrected chi connectivity index (χ2v) is 10.00. The normalized spacial score (nSPS) is 19.3. The summed E-state index contributed by atoms with van der Waals surface area (Å²) in [5.41, 5.74) is 1.20. The molecule has 0 aliphatic carbocycles. The van der Waals surface area contributed by atoms with E-state index in [4.69, 9.17) is 9.84 Å². The molecule has 3 heterocycles. The lowest BCUT2D eigenvalue weighted by molar-refractivity contribution is 0.235. The molecule has 0 bridgehead atoms. The summed E-state index contributed by atoms with van der Waals surface area (Å²) in [6.45, 7) is 2.80. The number of nitrogens with zero attached hydrogens (tertiary/aromatic N) is 3. The quantitative estimate of drug-likeness (QED) is 0.415. The highest BCUT2D eigenvalue weighted by Gasteiger charge is 2.27. The highest BCUT2D eigenvalue weighted by molar-refractivity contribution is 9.10. The largest absolute Gasteiger partial charge is 0.494 e. The van der Waals surface area contributed by atoms with Gasteiger partial charge in [0.15, 0.2) is 4.96 Å². The van der Waals surface area contributed by atoms with Crippen LogP contribution in [-0.4, -0.2) is 58.8 Å². The Hall–Kier alpha value is -1.94. The van der Waals surface area contributed by atoms with Crippen LogP contribution in [0.15, 0.2) is 45.1 Å². The monoisotopic (exact) mass is 520 g/mol. The molecular formula is C23H29BrN4O3S. The molecule has 1 saturated heterocycles. The molecule has 2 atom stereocenters. The van der Waals surface area contributed by atoms with E-state index in [1.54, 1.807) is 10.6 Å². The van der Waals surface area contributed by atoms with Crippen LogP contribution in [0.4, 0.5) is 5.82 Å². The van der Waals surface area contributed by atoms with Crippen molar-refractivity contribution in [1.82, 2.24) is 14.3 Å². The fourth-order valence-electron chi connectivity index (χ4n) is 4.23. The maximum absolute atomic E-state index is 12.6. The number of unbranched alkanes of at least 4 members (excludes halogenated alkanes) is 2. The van der Waals surface area contributed by atoms with Crippen LogP contribution in [0.25, 0.3) is 4.96 Å². The Morgan fingerprint density at radius 2 is 2.06 bits per heavy atom. The van der Waals surface area contributed by atoms with Crippen LogP contribution in [0.3, 0.4) is 0 Å². The van der Waals surface area contributed by atoms with Crippen molar-refractivity contribution in [3.8, 4) is 5.75 Å². The molecule has 0 spiro atoms. The molecule has 32 heavy (non-hydrogen) atoms. The lowest BCUT2D eigenvalue weighted by Gasteiger charge is -2.36. The van der Waals surface area contributed by atoms with Crippen LogP contribution in [-0.2, 0) is 0 Å². The molecule has 2 N–H and O–H groups in total. The summed E-state index contributed by atoms with van der Waals surface area (Å²) in [5.74, 6) is 1.88. The van der Waals surface area contributed by atoms with Gasteiger partial charge in [-0.3, -0.25) is 9.20 Å². The fraction of sp³-hybridized carbons (Fsp3) is 0.478. The summed E-state index contributed by atoms with van der Waals surface area (Å²) >= 11 is 4.89. The van der Waals surface area contributed by atoms with E-state index in [2.05, 4.69) is 50.3 Å². The number of halogens is 1. The van der Waals surface area contributed by atoms with Crippen molar-refractivity contribution < 1.29 is 9.84 Å². The van der Waals surface area contributed by atoms with Gasteiger partial charge in [-0.1, -0.05) is 12.1 Å². The second-order valence-electron chi connectivity index (χ2n) is 8.33. The van der Waals surface area contributed by atoms with Crippen molar-refractivity contribution in [3.05, 3.63) is 56.2 Å². The number of aromatic nitrogens is 2. The predicted octanol–water partition coefficient (Wildman–Crippen LogP) is 3.96. The van der Waals surface area contributed by atoms with Gasteiger partial charge in [0.2, 0.25) is 0 Å². The van der Waals surface area contributed by atoms with Gasteiger partial charge >= 0.3 is 0 Å². The lowest BCUT2D eigenvalue weighted by atomic mass is 9.88. The van der Waals surface area contributed by atoms with Gasteiger partial charge in [-0.15, -0.1) is 11.3 Å². The van der Waals surface area contributed by atoms with Gasteiger partial charge in [0, 0.05) is 37.3 Å². The molecule has 0 unspecified atom stereocenters. The molecule has 0 amide bonds. The van der Waals surface area contributed by atoms with Gasteiger partial charge in [0.1, 0.15) is 16.0 Å². The molecule has 3 aromatic rings. The van der Waals surface area contributed by atoms with Crippen molar-refractivity contribution >= 4 is 38.0 Å². The summed E-state index contributed by atoms with van der Waals surface area (Å²) in [5, 5.41) is 14.2. The lowest BCUT2D eigenvalue weighted by Crippen LogP contribution is -2.43. The van der Waals surface area contributed by atoms with Gasteiger partial charge in [-0.05, 0) is 72.3 Å². The number of thiazole rings is 1. The number of piperidine rings is 1. The van der Waals surface area contributed by atoms with E-state index in [1.165, 1.54) is 16.9 Å². The van der Waals surface area contributed by atoms with Gasteiger partial charge in [-0.2, -0.15) is 0 Å². The van der Waals surface area contributed by atoms with E-state index in [9.17, 15) is 4.79 Å². The molecule has 1 aliphatic rings. The highest BCUT2D eigenvalue weighted by atomic mass is 79.9. The SMILES string of the molecule is CN1C[C@H](Nc2nc3sccn3c(=O)c2Br)C[C@H](c2ccc(OCCCCCO)cc2)C1. The van der Waals surface area contributed by atoms with Crippen LogP contribution in [0.5, 0.6) is 5.75 Å². The van der Waals surface area contributed by atoms with Crippen molar-refractivity contribution in [2.45, 2.75) is 37.6 Å². The summed E-state index contributed by atoms with van der Waals surface area (Å²) in [7, 11) is 2.13. The third-order valence-corrected chi connectivity index (χ3v) is 7.28. The number of ether oxygens (including phenoxy) is 1. The summed E-state index contributed by atoms with van der Waals surface area (Å²) in [6.07, 6.45) is 5.47. The third kappa shape index (κ3) is 5.51. The Morgan fingerprint density at radius 3 is 2.84 bits per heavy atom. The molecule has 172 valence electrons. The number of aliphatic hydroxyl groups is 1.